The van der Waals surface area contributed by atoms with Crippen LogP contribution < -0.4 is 0 Å². The molecule has 1 saturated heterocycles. The van der Waals surface area contributed by atoms with Crippen LogP contribution in [-0.4, -0.2) is 38.7 Å². The summed E-state index contributed by atoms with van der Waals surface area (Å²) in [6.07, 6.45) is 4.96. The molecule has 1 atom stereocenters. The number of halogens is 1. The Labute approximate surface area is 90.8 Å². The summed E-state index contributed by atoms with van der Waals surface area (Å²) in [7, 11) is 0. The molecule has 1 aromatic rings. The molecular weight excluding hydrogens is 246 g/mol. The Kier molecular flexibility index (Phi) is 2.86. The molecule has 1 unspecified atom stereocenters. The second-order valence-corrected chi connectivity index (χ2v) is 4.72. The number of hydrogen-bond acceptors (Lipinski definition) is 2. The van der Waals surface area contributed by atoms with Gasteiger partial charge in [0.15, 0.2) is 0 Å². The summed E-state index contributed by atoms with van der Waals surface area (Å²) in [5.74, 6) is 1.18. The van der Waals surface area contributed by atoms with E-state index in [4.69, 9.17) is 0 Å². The van der Waals surface area contributed by atoms with E-state index in [1.165, 1.54) is 0 Å². The van der Waals surface area contributed by atoms with Crippen molar-refractivity contribution in [1.29, 1.82) is 0 Å². The molecule has 76 valence electrons. The Bertz CT molecular complexity index is 312. The molecule has 0 radical (unpaired) electrons. The third-order valence-corrected chi connectivity index (χ3v) is 2.95. The minimum absolute atomic E-state index is 0.235. The van der Waals surface area contributed by atoms with Crippen molar-refractivity contribution >= 4 is 21.8 Å². The number of hydrogen-bond donors (Lipinski definition) is 1. The van der Waals surface area contributed by atoms with Gasteiger partial charge in [0.05, 0.1) is 0 Å². The Balaban J connectivity index is 1.84. The van der Waals surface area contributed by atoms with Crippen molar-refractivity contribution < 1.29 is 4.79 Å². The van der Waals surface area contributed by atoms with Gasteiger partial charge in [-0.05, 0) is 0 Å². The predicted molar refractivity (Wildman–Crippen MR) is 56.2 cm³/mol. The van der Waals surface area contributed by atoms with E-state index in [9.17, 15) is 4.79 Å². The molecule has 0 saturated carbocycles. The molecule has 0 bridgehead atoms. The molecule has 2 rings (SSSR count). The van der Waals surface area contributed by atoms with Crippen LogP contribution in [-0.2, 0) is 11.2 Å². The Morgan fingerprint density at radius 3 is 3.14 bits per heavy atom. The molecule has 1 fully saturated rings. The van der Waals surface area contributed by atoms with Crippen molar-refractivity contribution in [3.8, 4) is 0 Å². The highest BCUT2D eigenvalue weighted by molar-refractivity contribution is 9.09. The molecular formula is C9H12BrN3O. The van der Waals surface area contributed by atoms with Crippen LogP contribution in [0.5, 0.6) is 0 Å². The number of nitrogens with zero attached hydrogens (tertiary/aromatic N) is 2. The van der Waals surface area contributed by atoms with Crippen molar-refractivity contribution in [2.45, 2.75) is 17.7 Å². The van der Waals surface area contributed by atoms with Gasteiger partial charge in [-0.25, -0.2) is 4.98 Å². The van der Waals surface area contributed by atoms with E-state index < -0.39 is 0 Å². The number of aromatic nitrogens is 2. The smallest absolute Gasteiger partial charge is 0.223 e. The largest absolute Gasteiger partial charge is 0.349 e. The van der Waals surface area contributed by atoms with Gasteiger partial charge >= 0.3 is 0 Å². The van der Waals surface area contributed by atoms with E-state index >= 15 is 0 Å². The summed E-state index contributed by atoms with van der Waals surface area (Å²) in [6, 6.07) is 0. The normalized spacial score (nSPS) is 21.9. The van der Waals surface area contributed by atoms with Gasteiger partial charge in [0.1, 0.15) is 5.82 Å². The molecule has 1 aliphatic heterocycles. The number of rotatable bonds is 3. The molecule has 4 nitrogen and oxygen atoms in total. The highest BCUT2D eigenvalue weighted by Crippen LogP contribution is 2.17. The van der Waals surface area contributed by atoms with E-state index in [0.29, 0.717) is 11.2 Å². The fourth-order valence-corrected chi connectivity index (χ4v) is 2.24. The van der Waals surface area contributed by atoms with Crippen LogP contribution in [0.25, 0.3) is 0 Å². The molecule has 0 spiro atoms. The average Bonchev–Trinajstić information content (AvgIpc) is 2.72. The molecule has 2 heterocycles. The second kappa shape index (κ2) is 4.13. The number of amides is 1. The van der Waals surface area contributed by atoms with Crippen LogP contribution in [0.4, 0.5) is 0 Å². The molecule has 0 aromatic carbocycles. The zero-order valence-corrected chi connectivity index (χ0v) is 9.33. The van der Waals surface area contributed by atoms with Crippen molar-refractivity contribution in [3.63, 3.8) is 0 Å². The summed E-state index contributed by atoms with van der Waals surface area (Å²) in [5.41, 5.74) is 0. The fourth-order valence-electron chi connectivity index (χ4n) is 1.62. The minimum Gasteiger partial charge on any atom is -0.349 e. The van der Waals surface area contributed by atoms with E-state index in [-0.39, 0.29) is 5.91 Å². The summed E-state index contributed by atoms with van der Waals surface area (Å²) < 4.78 is 0. The molecule has 1 aromatic heterocycles. The zero-order valence-electron chi connectivity index (χ0n) is 7.74. The quantitative estimate of drug-likeness (QED) is 0.820. The lowest BCUT2D eigenvalue weighted by Gasteiger charge is -2.14. The number of carbonyl (C=O) groups is 1. The maximum Gasteiger partial charge on any atom is 0.223 e. The first-order valence-electron chi connectivity index (χ1n) is 4.66. The van der Waals surface area contributed by atoms with E-state index in [0.717, 1.165) is 25.3 Å². The van der Waals surface area contributed by atoms with Gasteiger partial charge in [-0.1, -0.05) is 15.9 Å². The maximum atomic E-state index is 11.4. The monoisotopic (exact) mass is 257 g/mol. The zero-order chi connectivity index (χ0) is 9.97. The Morgan fingerprint density at radius 2 is 2.57 bits per heavy atom. The molecule has 1 N–H and O–H groups in total. The van der Waals surface area contributed by atoms with Gasteiger partial charge in [0.2, 0.25) is 5.91 Å². The molecule has 0 aliphatic carbocycles. The van der Waals surface area contributed by atoms with Gasteiger partial charge in [0, 0.05) is 43.2 Å². The van der Waals surface area contributed by atoms with Gasteiger partial charge in [-0.2, -0.15) is 0 Å². The first kappa shape index (κ1) is 9.71. The van der Waals surface area contributed by atoms with Crippen LogP contribution in [0.3, 0.4) is 0 Å². The second-order valence-electron chi connectivity index (χ2n) is 3.43. The number of nitrogens with one attached hydrogen (secondary N) is 1. The lowest BCUT2D eigenvalue weighted by Crippen LogP contribution is -2.27. The topological polar surface area (TPSA) is 49.0 Å². The minimum atomic E-state index is 0.235. The number of likely N-dealkylation sites (tertiary alicyclic amines) is 1. The SMILES string of the molecule is O=C1CC(Br)CN1CCc1ncc[nH]1. The third kappa shape index (κ3) is 2.15. The first-order valence-corrected chi connectivity index (χ1v) is 5.57. The molecule has 14 heavy (non-hydrogen) atoms. The highest BCUT2D eigenvalue weighted by atomic mass is 79.9. The Hall–Kier alpha value is -0.840. The summed E-state index contributed by atoms with van der Waals surface area (Å²) >= 11 is 3.45. The number of alkyl halides is 1. The van der Waals surface area contributed by atoms with Crippen LogP contribution in [0.1, 0.15) is 12.2 Å². The van der Waals surface area contributed by atoms with E-state index in [1.54, 1.807) is 12.4 Å². The van der Waals surface area contributed by atoms with Gasteiger partial charge in [-0.15, -0.1) is 0 Å². The van der Waals surface area contributed by atoms with Crippen LogP contribution in [0.2, 0.25) is 0 Å². The number of H-pyrrole nitrogens is 1. The standard InChI is InChI=1S/C9H12BrN3O/c10-7-5-9(14)13(6-7)4-1-8-11-2-3-12-8/h2-3,7H,1,4-6H2,(H,11,12). The van der Waals surface area contributed by atoms with E-state index in [2.05, 4.69) is 25.9 Å². The van der Waals surface area contributed by atoms with Crippen molar-refractivity contribution in [3.05, 3.63) is 18.2 Å². The van der Waals surface area contributed by atoms with Crippen LogP contribution in [0.15, 0.2) is 12.4 Å². The number of carbonyl (C=O) groups excluding carboxylic acids is 1. The lowest BCUT2D eigenvalue weighted by molar-refractivity contribution is -0.127. The fraction of sp³-hybridized carbons (Fsp3) is 0.556. The first-order chi connectivity index (χ1) is 6.75. The van der Waals surface area contributed by atoms with Crippen molar-refractivity contribution in [1.82, 2.24) is 14.9 Å². The lowest BCUT2D eigenvalue weighted by atomic mass is 10.4. The third-order valence-electron chi connectivity index (χ3n) is 2.34. The van der Waals surface area contributed by atoms with Crippen LogP contribution >= 0.6 is 15.9 Å². The number of aromatic amines is 1. The average molecular weight is 258 g/mol. The molecule has 1 aliphatic rings. The van der Waals surface area contributed by atoms with Crippen molar-refractivity contribution in [2.75, 3.05) is 13.1 Å². The molecule has 5 heteroatoms. The van der Waals surface area contributed by atoms with Crippen molar-refractivity contribution in [2.24, 2.45) is 0 Å². The van der Waals surface area contributed by atoms with Gasteiger partial charge in [-0.3, -0.25) is 4.79 Å². The van der Waals surface area contributed by atoms with E-state index in [1.807, 2.05) is 4.90 Å². The maximum absolute atomic E-state index is 11.4. The summed E-state index contributed by atoms with van der Waals surface area (Å²) in [4.78, 5) is 20.8. The highest BCUT2D eigenvalue weighted by Gasteiger charge is 2.27. The summed E-state index contributed by atoms with van der Waals surface area (Å²) in [6.45, 7) is 1.58. The molecule has 1 amide bonds. The Morgan fingerprint density at radius 1 is 1.71 bits per heavy atom. The van der Waals surface area contributed by atoms with Gasteiger partial charge in [0.25, 0.3) is 0 Å². The summed E-state index contributed by atoms with van der Waals surface area (Å²) in [5, 5.41) is 0. The van der Waals surface area contributed by atoms with Crippen LogP contribution in [0, 0.1) is 0 Å². The predicted octanol–water partition coefficient (Wildman–Crippen LogP) is 0.948. The van der Waals surface area contributed by atoms with Gasteiger partial charge < -0.3 is 9.88 Å². The number of imidazole rings is 1.